The van der Waals surface area contributed by atoms with Gasteiger partial charge in [0, 0.05) is 6.20 Å². The fourth-order valence-corrected chi connectivity index (χ4v) is 2.88. The smallest absolute Gasteiger partial charge is 0.263 e. The SMILES string of the molecule is Cc1ccc(F)cc1NS(=O)(=O)c1cnc(Cl)c(Cl)c1. The molecule has 2 aromatic rings. The molecule has 1 aromatic heterocycles. The van der Waals surface area contributed by atoms with E-state index in [1.807, 2.05) is 0 Å². The highest BCUT2D eigenvalue weighted by atomic mass is 35.5. The highest BCUT2D eigenvalue weighted by Crippen LogP contribution is 2.25. The molecule has 1 heterocycles. The Morgan fingerprint density at radius 2 is 1.95 bits per heavy atom. The monoisotopic (exact) mass is 334 g/mol. The van der Waals surface area contributed by atoms with Gasteiger partial charge in [-0.25, -0.2) is 17.8 Å². The zero-order chi connectivity index (χ0) is 14.9. The lowest BCUT2D eigenvalue weighted by molar-refractivity contribution is 0.600. The Bertz CT molecular complexity index is 766. The zero-order valence-electron chi connectivity index (χ0n) is 10.2. The Balaban J connectivity index is 2.40. The van der Waals surface area contributed by atoms with Gasteiger partial charge in [0.2, 0.25) is 0 Å². The molecule has 20 heavy (non-hydrogen) atoms. The second-order valence-corrected chi connectivity index (χ2v) is 6.46. The molecule has 0 aliphatic carbocycles. The van der Waals surface area contributed by atoms with E-state index in [4.69, 9.17) is 23.2 Å². The Kier molecular flexibility index (Phi) is 4.17. The molecule has 0 unspecified atom stereocenters. The average molecular weight is 335 g/mol. The van der Waals surface area contributed by atoms with Gasteiger partial charge in [0.05, 0.1) is 10.7 Å². The van der Waals surface area contributed by atoms with Gasteiger partial charge in [-0.3, -0.25) is 4.72 Å². The highest BCUT2D eigenvalue weighted by molar-refractivity contribution is 7.92. The summed E-state index contributed by atoms with van der Waals surface area (Å²) in [6, 6.07) is 4.99. The van der Waals surface area contributed by atoms with Crippen LogP contribution in [0.1, 0.15) is 5.56 Å². The number of aromatic nitrogens is 1. The van der Waals surface area contributed by atoms with Crippen LogP contribution in [0.5, 0.6) is 0 Å². The first-order valence-corrected chi connectivity index (χ1v) is 7.63. The predicted octanol–water partition coefficient (Wildman–Crippen LogP) is 3.64. The average Bonchev–Trinajstić information content (AvgIpc) is 2.36. The Labute approximate surface area is 125 Å². The summed E-state index contributed by atoms with van der Waals surface area (Å²) >= 11 is 11.4. The maximum atomic E-state index is 13.2. The molecule has 1 aromatic carbocycles. The minimum Gasteiger partial charge on any atom is -0.279 e. The summed E-state index contributed by atoms with van der Waals surface area (Å²) in [4.78, 5) is 3.51. The van der Waals surface area contributed by atoms with Gasteiger partial charge in [-0.15, -0.1) is 0 Å². The van der Waals surface area contributed by atoms with Crippen molar-refractivity contribution in [1.29, 1.82) is 0 Å². The van der Waals surface area contributed by atoms with Crippen molar-refractivity contribution in [3.05, 3.63) is 52.0 Å². The van der Waals surface area contributed by atoms with Crippen LogP contribution in [0.4, 0.5) is 10.1 Å². The number of nitrogens with zero attached hydrogens (tertiary/aromatic N) is 1. The van der Waals surface area contributed by atoms with Crippen LogP contribution in [0.3, 0.4) is 0 Å². The lowest BCUT2D eigenvalue weighted by atomic mass is 10.2. The van der Waals surface area contributed by atoms with Crippen LogP contribution in [-0.2, 0) is 10.0 Å². The van der Waals surface area contributed by atoms with Gasteiger partial charge < -0.3 is 0 Å². The molecule has 0 aliphatic heterocycles. The summed E-state index contributed by atoms with van der Waals surface area (Å²) in [6.07, 6.45) is 1.07. The van der Waals surface area contributed by atoms with Crippen molar-refractivity contribution < 1.29 is 12.8 Å². The van der Waals surface area contributed by atoms with E-state index in [-0.39, 0.29) is 20.8 Å². The standard InChI is InChI=1S/C12H9Cl2FN2O2S/c1-7-2-3-8(15)4-11(7)17-20(18,19)9-5-10(13)12(14)16-6-9/h2-6,17H,1H3. The number of rotatable bonds is 3. The van der Waals surface area contributed by atoms with Gasteiger partial charge in [-0.2, -0.15) is 0 Å². The third-order valence-electron chi connectivity index (χ3n) is 2.53. The van der Waals surface area contributed by atoms with Gasteiger partial charge in [-0.05, 0) is 30.7 Å². The van der Waals surface area contributed by atoms with Crippen molar-refractivity contribution in [2.75, 3.05) is 4.72 Å². The van der Waals surface area contributed by atoms with Crippen LogP contribution >= 0.6 is 23.2 Å². The topological polar surface area (TPSA) is 59.1 Å². The first-order valence-electron chi connectivity index (χ1n) is 5.39. The number of halogens is 3. The largest absolute Gasteiger partial charge is 0.279 e. The molecule has 106 valence electrons. The number of anilines is 1. The van der Waals surface area contributed by atoms with Crippen LogP contribution in [0, 0.1) is 12.7 Å². The zero-order valence-corrected chi connectivity index (χ0v) is 12.5. The van der Waals surface area contributed by atoms with E-state index in [1.165, 1.54) is 18.2 Å². The molecule has 0 aliphatic rings. The molecule has 0 bridgehead atoms. The van der Waals surface area contributed by atoms with E-state index in [2.05, 4.69) is 9.71 Å². The first-order chi connectivity index (χ1) is 9.29. The van der Waals surface area contributed by atoms with E-state index in [1.54, 1.807) is 6.92 Å². The second-order valence-electron chi connectivity index (χ2n) is 4.01. The summed E-state index contributed by atoms with van der Waals surface area (Å²) in [5.41, 5.74) is 0.735. The van der Waals surface area contributed by atoms with Crippen molar-refractivity contribution in [2.24, 2.45) is 0 Å². The van der Waals surface area contributed by atoms with E-state index in [0.29, 0.717) is 5.56 Å². The molecule has 0 saturated carbocycles. The lowest BCUT2D eigenvalue weighted by Crippen LogP contribution is -2.14. The minimum atomic E-state index is -3.91. The third kappa shape index (κ3) is 3.20. The highest BCUT2D eigenvalue weighted by Gasteiger charge is 2.17. The van der Waals surface area contributed by atoms with E-state index in [9.17, 15) is 12.8 Å². The summed E-state index contributed by atoms with van der Waals surface area (Å²) in [7, 11) is -3.91. The number of benzene rings is 1. The van der Waals surface area contributed by atoms with Crippen LogP contribution in [0.25, 0.3) is 0 Å². The Hall–Kier alpha value is -1.37. The lowest BCUT2D eigenvalue weighted by Gasteiger charge is -2.10. The van der Waals surface area contributed by atoms with Gasteiger partial charge in [0.15, 0.2) is 0 Å². The molecule has 0 radical (unpaired) electrons. The number of sulfonamides is 1. The van der Waals surface area contributed by atoms with E-state index < -0.39 is 15.8 Å². The molecule has 0 spiro atoms. The number of hydrogen-bond acceptors (Lipinski definition) is 3. The van der Waals surface area contributed by atoms with Crippen molar-refractivity contribution in [1.82, 2.24) is 4.98 Å². The normalized spacial score (nSPS) is 11.4. The molecule has 0 saturated heterocycles. The number of hydrogen-bond donors (Lipinski definition) is 1. The third-order valence-corrected chi connectivity index (χ3v) is 4.54. The van der Waals surface area contributed by atoms with Crippen LogP contribution in [-0.4, -0.2) is 13.4 Å². The van der Waals surface area contributed by atoms with Crippen molar-refractivity contribution in [3.8, 4) is 0 Å². The number of aryl methyl sites for hydroxylation is 1. The van der Waals surface area contributed by atoms with Gasteiger partial charge in [0.25, 0.3) is 10.0 Å². The van der Waals surface area contributed by atoms with Gasteiger partial charge >= 0.3 is 0 Å². The molecule has 0 amide bonds. The van der Waals surface area contributed by atoms with Crippen LogP contribution in [0.15, 0.2) is 35.4 Å². The van der Waals surface area contributed by atoms with E-state index in [0.717, 1.165) is 12.3 Å². The maximum Gasteiger partial charge on any atom is 0.263 e. The van der Waals surface area contributed by atoms with Crippen molar-refractivity contribution in [3.63, 3.8) is 0 Å². The number of nitrogens with one attached hydrogen (secondary N) is 1. The molecule has 8 heteroatoms. The molecule has 1 N–H and O–H groups in total. The fraction of sp³-hybridized carbons (Fsp3) is 0.0833. The van der Waals surface area contributed by atoms with Gasteiger partial charge in [-0.1, -0.05) is 29.3 Å². The Morgan fingerprint density at radius 3 is 2.60 bits per heavy atom. The Morgan fingerprint density at radius 1 is 1.25 bits per heavy atom. The van der Waals surface area contributed by atoms with E-state index >= 15 is 0 Å². The molecule has 4 nitrogen and oxygen atoms in total. The van der Waals surface area contributed by atoms with Crippen LogP contribution in [0.2, 0.25) is 10.2 Å². The van der Waals surface area contributed by atoms with Crippen LogP contribution < -0.4 is 4.72 Å². The molecule has 0 atom stereocenters. The maximum absolute atomic E-state index is 13.2. The van der Waals surface area contributed by atoms with Gasteiger partial charge in [0.1, 0.15) is 15.9 Å². The summed E-state index contributed by atoms with van der Waals surface area (Å²) < 4.78 is 39.7. The summed E-state index contributed by atoms with van der Waals surface area (Å²) in [6.45, 7) is 1.66. The quantitative estimate of drug-likeness (QED) is 0.872. The van der Waals surface area contributed by atoms with Crippen molar-refractivity contribution >= 4 is 38.9 Å². The van der Waals surface area contributed by atoms with Crippen molar-refractivity contribution in [2.45, 2.75) is 11.8 Å². The summed E-state index contributed by atoms with van der Waals surface area (Å²) in [5, 5.41) is 0.0260. The summed E-state index contributed by atoms with van der Waals surface area (Å²) in [5.74, 6) is -0.541. The second kappa shape index (κ2) is 5.55. The predicted molar refractivity (Wildman–Crippen MR) is 76.2 cm³/mol. The molecule has 2 rings (SSSR count). The minimum absolute atomic E-state index is 0.00699. The molecule has 0 fully saturated rings. The molecular weight excluding hydrogens is 326 g/mol. The number of pyridine rings is 1. The molecular formula is C12H9Cl2FN2O2S. The first kappa shape index (κ1) is 15.0. The fourth-order valence-electron chi connectivity index (χ4n) is 1.46.